The number of rotatable bonds is 4. The van der Waals surface area contributed by atoms with Crippen LogP contribution in [-0.4, -0.2) is 15.9 Å². The molecule has 4 aromatic rings. The third-order valence-corrected chi connectivity index (χ3v) is 6.28. The van der Waals surface area contributed by atoms with Gasteiger partial charge in [0.2, 0.25) is 0 Å². The van der Waals surface area contributed by atoms with Crippen molar-refractivity contribution in [2.45, 2.75) is 6.92 Å². The smallest absolute Gasteiger partial charge is 0.267 e. The summed E-state index contributed by atoms with van der Waals surface area (Å²) in [6.45, 7) is 1.87. The lowest BCUT2D eigenvalue weighted by molar-refractivity contribution is 0.103. The first-order chi connectivity index (χ1) is 12.2. The molecule has 1 aromatic carbocycles. The van der Waals surface area contributed by atoms with E-state index < -0.39 is 0 Å². The number of nitrogens with one attached hydrogen (secondary N) is 1. The Morgan fingerprint density at radius 2 is 2.04 bits per heavy atom. The van der Waals surface area contributed by atoms with Crippen LogP contribution < -0.4 is 5.32 Å². The number of thiophene rings is 1. The van der Waals surface area contributed by atoms with Crippen molar-refractivity contribution in [3.8, 4) is 21.1 Å². The zero-order chi connectivity index (χ0) is 17.2. The Kier molecular flexibility index (Phi) is 4.44. The van der Waals surface area contributed by atoms with Crippen LogP contribution in [0.4, 0.5) is 5.69 Å². The Bertz CT molecular complexity index is 1000. The molecule has 0 saturated carbocycles. The van der Waals surface area contributed by atoms with Gasteiger partial charge < -0.3 is 5.32 Å². The van der Waals surface area contributed by atoms with Gasteiger partial charge in [-0.05, 0) is 30.5 Å². The Balaban J connectivity index is 1.58. The van der Waals surface area contributed by atoms with Crippen LogP contribution in [0, 0.1) is 6.92 Å². The van der Waals surface area contributed by atoms with Gasteiger partial charge in [-0.15, -0.1) is 22.7 Å². The summed E-state index contributed by atoms with van der Waals surface area (Å²) in [5.41, 5.74) is 3.55. The second kappa shape index (κ2) is 6.87. The van der Waals surface area contributed by atoms with Gasteiger partial charge in [0.05, 0.1) is 5.69 Å². The molecule has 0 aliphatic rings. The number of thiazole rings is 2. The lowest BCUT2D eigenvalue weighted by atomic mass is 10.2. The van der Waals surface area contributed by atoms with Crippen LogP contribution in [0.1, 0.15) is 15.4 Å². The molecule has 0 aliphatic carbocycles. The lowest BCUT2D eigenvalue weighted by Gasteiger charge is -2.05. The molecular weight excluding hydrogens is 370 g/mol. The normalized spacial score (nSPS) is 10.8. The van der Waals surface area contributed by atoms with Gasteiger partial charge in [-0.25, -0.2) is 9.97 Å². The standard InChI is InChI=1S/C18H13N3OS3/c1-11-15(25-18(20-11)13-5-7-23-10-13)16(22)21-14-4-2-3-12(9-14)17-19-6-8-24-17/h2-10H,1H3,(H,21,22). The van der Waals surface area contributed by atoms with Gasteiger partial charge in [0.1, 0.15) is 14.9 Å². The Hall–Kier alpha value is -2.35. The molecule has 7 heteroatoms. The first-order valence-corrected chi connectivity index (χ1v) is 10.2. The summed E-state index contributed by atoms with van der Waals surface area (Å²) in [6.07, 6.45) is 1.78. The van der Waals surface area contributed by atoms with Crippen molar-refractivity contribution >= 4 is 45.6 Å². The number of aryl methyl sites for hydroxylation is 1. The van der Waals surface area contributed by atoms with Crippen molar-refractivity contribution in [2.24, 2.45) is 0 Å². The predicted molar refractivity (Wildman–Crippen MR) is 106 cm³/mol. The molecule has 0 atom stereocenters. The molecule has 1 amide bonds. The number of carbonyl (C=O) groups excluding carboxylic acids is 1. The van der Waals surface area contributed by atoms with E-state index in [1.807, 2.05) is 53.4 Å². The highest BCUT2D eigenvalue weighted by molar-refractivity contribution is 7.17. The van der Waals surface area contributed by atoms with Crippen LogP contribution in [0.15, 0.2) is 52.7 Å². The fourth-order valence-corrected chi connectivity index (χ4v) is 4.71. The van der Waals surface area contributed by atoms with E-state index in [0.29, 0.717) is 4.88 Å². The maximum Gasteiger partial charge on any atom is 0.267 e. The van der Waals surface area contributed by atoms with Crippen molar-refractivity contribution in [3.63, 3.8) is 0 Å². The topological polar surface area (TPSA) is 54.9 Å². The summed E-state index contributed by atoms with van der Waals surface area (Å²) in [5.74, 6) is -0.132. The molecule has 0 bridgehead atoms. The highest BCUT2D eigenvalue weighted by Crippen LogP contribution is 2.30. The van der Waals surface area contributed by atoms with Crippen molar-refractivity contribution in [3.05, 3.63) is 63.2 Å². The zero-order valence-electron chi connectivity index (χ0n) is 13.2. The minimum Gasteiger partial charge on any atom is -0.321 e. The van der Waals surface area contributed by atoms with Crippen LogP contribution >= 0.6 is 34.0 Å². The number of anilines is 1. The van der Waals surface area contributed by atoms with Crippen molar-refractivity contribution in [1.29, 1.82) is 0 Å². The van der Waals surface area contributed by atoms with E-state index in [9.17, 15) is 4.79 Å². The second-order valence-corrected chi connectivity index (χ2v) is 7.99. The molecule has 3 aromatic heterocycles. The van der Waals surface area contributed by atoms with Gasteiger partial charge >= 0.3 is 0 Å². The molecule has 0 radical (unpaired) electrons. The molecule has 0 unspecified atom stereocenters. The number of hydrogen-bond acceptors (Lipinski definition) is 6. The minimum atomic E-state index is -0.132. The highest BCUT2D eigenvalue weighted by Gasteiger charge is 2.17. The van der Waals surface area contributed by atoms with Crippen molar-refractivity contribution in [1.82, 2.24) is 9.97 Å². The molecule has 0 fully saturated rings. The summed E-state index contributed by atoms with van der Waals surface area (Å²) < 4.78 is 0. The first kappa shape index (κ1) is 16.1. The maximum absolute atomic E-state index is 12.7. The monoisotopic (exact) mass is 383 g/mol. The molecular formula is C18H13N3OS3. The van der Waals surface area contributed by atoms with E-state index in [4.69, 9.17) is 0 Å². The van der Waals surface area contributed by atoms with Crippen molar-refractivity contribution in [2.75, 3.05) is 5.32 Å². The quantitative estimate of drug-likeness (QED) is 0.502. The van der Waals surface area contributed by atoms with Crippen LogP contribution in [0.2, 0.25) is 0 Å². The Morgan fingerprint density at radius 1 is 1.12 bits per heavy atom. The number of benzene rings is 1. The molecule has 3 heterocycles. The molecule has 1 N–H and O–H groups in total. The molecule has 124 valence electrons. The summed E-state index contributed by atoms with van der Waals surface area (Å²) in [7, 11) is 0. The third-order valence-electron chi connectivity index (χ3n) is 3.57. The third kappa shape index (κ3) is 3.39. The molecule has 4 rings (SSSR count). The van der Waals surface area contributed by atoms with E-state index in [0.717, 1.165) is 32.5 Å². The molecule has 0 saturated heterocycles. The van der Waals surface area contributed by atoms with Gasteiger partial charge in [-0.3, -0.25) is 4.79 Å². The van der Waals surface area contributed by atoms with Gasteiger partial charge in [0.25, 0.3) is 5.91 Å². The van der Waals surface area contributed by atoms with Crippen LogP contribution in [0.3, 0.4) is 0 Å². The van der Waals surface area contributed by atoms with Crippen molar-refractivity contribution < 1.29 is 4.79 Å². The average molecular weight is 384 g/mol. The van der Waals surface area contributed by atoms with E-state index in [1.54, 1.807) is 28.9 Å². The number of hydrogen-bond donors (Lipinski definition) is 1. The number of carbonyl (C=O) groups is 1. The molecule has 4 nitrogen and oxygen atoms in total. The first-order valence-electron chi connectivity index (χ1n) is 7.52. The van der Waals surface area contributed by atoms with Crippen LogP contribution in [0.25, 0.3) is 21.1 Å². The van der Waals surface area contributed by atoms with E-state index in [2.05, 4.69) is 15.3 Å². The van der Waals surface area contributed by atoms with E-state index >= 15 is 0 Å². The fraction of sp³-hybridized carbons (Fsp3) is 0.0556. The summed E-state index contributed by atoms with van der Waals surface area (Å²) in [4.78, 5) is 22.1. The summed E-state index contributed by atoms with van der Waals surface area (Å²) >= 11 is 4.62. The number of amides is 1. The van der Waals surface area contributed by atoms with Gasteiger partial charge in [-0.1, -0.05) is 12.1 Å². The molecule has 0 spiro atoms. The van der Waals surface area contributed by atoms with Crippen LogP contribution in [0.5, 0.6) is 0 Å². The fourth-order valence-electron chi connectivity index (χ4n) is 2.40. The second-order valence-electron chi connectivity index (χ2n) is 5.32. The van der Waals surface area contributed by atoms with Crippen LogP contribution in [-0.2, 0) is 0 Å². The maximum atomic E-state index is 12.7. The zero-order valence-corrected chi connectivity index (χ0v) is 15.7. The Morgan fingerprint density at radius 3 is 2.80 bits per heavy atom. The largest absolute Gasteiger partial charge is 0.321 e. The number of aromatic nitrogens is 2. The number of nitrogens with zero attached hydrogens (tertiary/aromatic N) is 2. The van der Waals surface area contributed by atoms with Gasteiger partial charge in [0, 0.05) is 33.8 Å². The van der Waals surface area contributed by atoms with E-state index in [-0.39, 0.29) is 5.91 Å². The van der Waals surface area contributed by atoms with E-state index in [1.165, 1.54) is 11.3 Å². The van der Waals surface area contributed by atoms with Gasteiger partial charge in [0.15, 0.2) is 0 Å². The highest BCUT2D eigenvalue weighted by atomic mass is 32.1. The summed E-state index contributed by atoms with van der Waals surface area (Å²) in [6, 6.07) is 9.74. The molecule has 25 heavy (non-hydrogen) atoms. The van der Waals surface area contributed by atoms with Gasteiger partial charge in [-0.2, -0.15) is 11.3 Å². The lowest BCUT2D eigenvalue weighted by Crippen LogP contribution is -2.11. The SMILES string of the molecule is Cc1nc(-c2ccsc2)sc1C(=O)Nc1cccc(-c2nccs2)c1. The Labute approximate surface area is 156 Å². The predicted octanol–water partition coefficient (Wildman–Crippen LogP) is 5.56. The average Bonchev–Trinajstić information content (AvgIpc) is 3.36. The summed E-state index contributed by atoms with van der Waals surface area (Å²) in [5, 5.41) is 10.8. The minimum absolute atomic E-state index is 0.132. The molecule has 0 aliphatic heterocycles.